The molecule has 19 heavy (non-hydrogen) atoms. The van der Waals surface area contributed by atoms with Crippen molar-refractivity contribution >= 4 is 11.6 Å². The minimum Gasteiger partial charge on any atom is -0.368 e. The van der Waals surface area contributed by atoms with E-state index >= 15 is 0 Å². The molecule has 6 heteroatoms. The van der Waals surface area contributed by atoms with Gasteiger partial charge < -0.3 is 5.32 Å². The third kappa shape index (κ3) is 2.16. The summed E-state index contributed by atoms with van der Waals surface area (Å²) in [7, 11) is 0. The molecule has 3 rings (SSSR count). The maximum absolute atomic E-state index is 4.54. The molecule has 0 aliphatic heterocycles. The molecular formula is C13H16N6. The van der Waals surface area contributed by atoms with Crippen molar-refractivity contribution in [2.45, 2.75) is 19.8 Å². The molecule has 0 amide bonds. The summed E-state index contributed by atoms with van der Waals surface area (Å²) >= 11 is 0. The molecule has 0 radical (unpaired) electrons. The number of nitrogens with one attached hydrogen (secondary N) is 2. The van der Waals surface area contributed by atoms with E-state index in [-0.39, 0.29) is 0 Å². The summed E-state index contributed by atoms with van der Waals surface area (Å²) in [5, 5.41) is 6.49. The molecule has 0 unspecified atom stereocenters. The zero-order valence-electron chi connectivity index (χ0n) is 10.8. The number of imidazole rings is 1. The molecule has 0 spiro atoms. The van der Waals surface area contributed by atoms with Crippen LogP contribution >= 0.6 is 0 Å². The van der Waals surface area contributed by atoms with Crippen LogP contribution in [-0.2, 0) is 0 Å². The van der Waals surface area contributed by atoms with E-state index in [1.807, 2.05) is 22.8 Å². The van der Waals surface area contributed by atoms with E-state index in [0.717, 1.165) is 36.5 Å². The van der Waals surface area contributed by atoms with Crippen LogP contribution < -0.4 is 5.32 Å². The van der Waals surface area contributed by atoms with Gasteiger partial charge in [0.25, 0.3) is 5.78 Å². The minimum atomic E-state index is 0.665. The number of hydrogen-bond acceptors (Lipinski definition) is 4. The van der Waals surface area contributed by atoms with Crippen LogP contribution in [0.5, 0.6) is 0 Å². The second kappa shape index (κ2) is 5.09. The summed E-state index contributed by atoms with van der Waals surface area (Å²) in [4.78, 5) is 12.9. The first-order chi connectivity index (χ1) is 9.40. The molecule has 0 saturated heterocycles. The number of fused-ring (bicyclic) bond motifs is 1. The molecule has 0 bridgehead atoms. The molecule has 0 aliphatic carbocycles. The highest BCUT2D eigenvalue weighted by atomic mass is 15.4. The Morgan fingerprint density at radius 2 is 2.37 bits per heavy atom. The molecular weight excluding hydrogens is 240 g/mol. The first-order valence-electron chi connectivity index (χ1n) is 6.46. The molecule has 3 aromatic heterocycles. The van der Waals surface area contributed by atoms with Gasteiger partial charge in [-0.2, -0.15) is 0 Å². The standard InChI is InChI=1S/C13H16N6/c1-2-3-7-15-12-11(10-5-4-6-14-8-10)18-13-16-9-17-19(12)13/h4-6,8-9,15H,2-3,7H2,1H3,(H,16,17,18). The minimum absolute atomic E-state index is 0.665. The van der Waals surface area contributed by atoms with Crippen LogP contribution in [0.2, 0.25) is 0 Å². The quantitative estimate of drug-likeness (QED) is 0.687. The largest absolute Gasteiger partial charge is 0.368 e. The lowest BCUT2D eigenvalue weighted by Crippen LogP contribution is -2.05. The molecule has 0 aliphatic rings. The van der Waals surface area contributed by atoms with Gasteiger partial charge in [0, 0.05) is 24.5 Å². The van der Waals surface area contributed by atoms with Crippen molar-refractivity contribution < 1.29 is 0 Å². The van der Waals surface area contributed by atoms with Crippen molar-refractivity contribution in [2.75, 3.05) is 11.9 Å². The van der Waals surface area contributed by atoms with Gasteiger partial charge in [0.1, 0.15) is 12.0 Å². The number of rotatable bonds is 5. The summed E-state index contributed by atoms with van der Waals surface area (Å²) in [5.41, 5.74) is 1.86. The predicted molar refractivity (Wildman–Crippen MR) is 74.0 cm³/mol. The van der Waals surface area contributed by atoms with Gasteiger partial charge in [-0.3, -0.25) is 10.1 Å². The Kier molecular flexibility index (Phi) is 3.14. The fourth-order valence-electron chi connectivity index (χ4n) is 2.01. The summed E-state index contributed by atoms with van der Waals surface area (Å²) < 4.78 is 1.86. The van der Waals surface area contributed by atoms with Crippen molar-refractivity contribution in [1.29, 1.82) is 0 Å². The Morgan fingerprint density at radius 3 is 3.16 bits per heavy atom. The summed E-state index contributed by atoms with van der Waals surface area (Å²) in [6.45, 7) is 3.09. The van der Waals surface area contributed by atoms with Crippen molar-refractivity contribution in [3.8, 4) is 11.3 Å². The van der Waals surface area contributed by atoms with E-state index < -0.39 is 0 Å². The van der Waals surface area contributed by atoms with Crippen LogP contribution in [0.25, 0.3) is 17.0 Å². The second-order valence-electron chi connectivity index (χ2n) is 4.35. The van der Waals surface area contributed by atoms with Crippen LogP contribution in [-0.4, -0.2) is 31.1 Å². The van der Waals surface area contributed by atoms with E-state index in [9.17, 15) is 0 Å². The average Bonchev–Trinajstić information content (AvgIpc) is 3.02. The normalized spacial score (nSPS) is 11.0. The van der Waals surface area contributed by atoms with Gasteiger partial charge in [-0.1, -0.05) is 13.3 Å². The number of hydrogen-bond donors (Lipinski definition) is 2. The lowest BCUT2D eigenvalue weighted by atomic mass is 10.2. The molecule has 0 fully saturated rings. The summed E-state index contributed by atoms with van der Waals surface area (Å²) in [5.74, 6) is 1.60. The van der Waals surface area contributed by atoms with Crippen LogP contribution in [0, 0.1) is 0 Å². The number of anilines is 1. The van der Waals surface area contributed by atoms with Gasteiger partial charge >= 0.3 is 0 Å². The molecule has 2 N–H and O–H groups in total. The molecule has 3 heterocycles. The van der Waals surface area contributed by atoms with Crippen molar-refractivity contribution in [3.05, 3.63) is 30.9 Å². The summed E-state index contributed by atoms with van der Waals surface area (Å²) in [6, 6.07) is 3.91. The highest BCUT2D eigenvalue weighted by Gasteiger charge is 2.15. The monoisotopic (exact) mass is 256 g/mol. The molecule has 0 saturated carbocycles. The van der Waals surface area contributed by atoms with Crippen molar-refractivity contribution in [2.24, 2.45) is 0 Å². The Hall–Kier alpha value is -2.37. The van der Waals surface area contributed by atoms with E-state index in [4.69, 9.17) is 0 Å². The number of aromatic nitrogens is 5. The average molecular weight is 256 g/mol. The highest BCUT2D eigenvalue weighted by molar-refractivity contribution is 5.74. The number of H-pyrrole nitrogens is 1. The Morgan fingerprint density at radius 1 is 1.42 bits per heavy atom. The molecule has 0 atom stereocenters. The van der Waals surface area contributed by atoms with Crippen LogP contribution in [0.1, 0.15) is 19.8 Å². The Labute approximate surface area is 110 Å². The van der Waals surface area contributed by atoms with Crippen LogP contribution in [0.15, 0.2) is 30.9 Å². The first kappa shape index (κ1) is 11.7. The fourth-order valence-corrected chi connectivity index (χ4v) is 2.01. The predicted octanol–water partition coefficient (Wildman–Crippen LogP) is 2.33. The van der Waals surface area contributed by atoms with Gasteiger partial charge in [0.15, 0.2) is 5.82 Å². The molecule has 3 aromatic rings. The third-order valence-corrected chi connectivity index (χ3v) is 2.98. The van der Waals surface area contributed by atoms with E-state index in [1.54, 1.807) is 12.5 Å². The first-order valence-corrected chi connectivity index (χ1v) is 6.46. The topological polar surface area (TPSA) is 70.9 Å². The molecule has 6 nitrogen and oxygen atoms in total. The zero-order chi connectivity index (χ0) is 13.1. The van der Waals surface area contributed by atoms with Gasteiger partial charge in [-0.25, -0.2) is 14.5 Å². The zero-order valence-corrected chi connectivity index (χ0v) is 10.8. The lowest BCUT2D eigenvalue weighted by Gasteiger charge is -2.06. The second-order valence-corrected chi connectivity index (χ2v) is 4.35. The van der Waals surface area contributed by atoms with Crippen molar-refractivity contribution in [3.63, 3.8) is 0 Å². The third-order valence-electron chi connectivity index (χ3n) is 2.98. The number of pyridine rings is 1. The fraction of sp³-hybridized carbons (Fsp3) is 0.308. The Bertz CT molecular complexity index is 654. The molecule has 98 valence electrons. The molecule has 0 aromatic carbocycles. The van der Waals surface area contributed by atoms with Crippen LogP contribution in [0.4, 0.5) is 5.82 Å². The maximum Gasteiger partial charge on any atom is 0.252 e. The van der Waals surface area contributed by atoms with Gasteiger partial charge in [-0.05, 0) is 18.6 Å². The number of unbranched alkanes of at least 4 members (excludes halogenated alkanes) is 1. The summed E-state index contributed by atoms with van der Waals surface area (Å²) in [6.07, 6.45) is 7.48. The SMILES string of the molecule is CCCCNc1c(-c2cccnc2)nc2nc[nH]n12. The Balaban J connectivity index is 2.02. The van der Waals surface area contributed by atoms with Crippen molar-refractivity contribution in [1.82, 2.24) is 24.6 Å². The van der Waals surface area contributed by atoms with Gasteiger partial charge in [-0.15, -0.1) is 0 Å². The van der Waals surface area contributed by atoms with Crippen LogP contribution in [0.3, 0.4) is 0 Å². The maximum atomic E-state index is 4.54. The highest BCUT2D eigenvalue weighted by Crippen LogP contribution is 2.26. The smallest absolute Gasteiger partial charge is 0.252 e. The lowest BCUT2D eigenvalue weighted by molar-refractivity contribution is 0.824. The van der Waals surface area contributed by atoms with Gasteiger partial charge in [0.2, 0.25) is 0 Å². The van der Waals surface area contributed by atoms with E-state index in [1.165, 1.54) is 0 Å². The van der Waals surface area contributed by atoms with Gasteiger partial charge in [0.05, 0.1) is 0 Å². The van der Waals surface area contributed by atoms with E-state index in [0.29, 0.717) is 5.78 Å². The van der Waals surface area contributed by atoms with E-state index in [2.05, 4.69) is 32.3 Å². The number of aromatic amines is 1. The number of nitrogens with zero attached hydrogens (tertiary/aromatic N) is 4.